The summed E-state index contributed by atoms with van der Waals surface area (Å²) in [5.74, 6) is 1.77. The van der Waals surface area contributed by atoms with E-state index in [9.17, 15) is 4.79 Å². The molecular weight excluding hydrogens is 376 g/mol. The SMILES string of the molecule is CCCNC(=O)C1CCN(c2nccc3nc(NCc4ccccc4)ncc23)CC1. The summed E-state index contributed by atoms with van der Waals surface area (Å²) in [5.41, 5.74) is 2.05. The minimum atomic E-state index is 0.0906. The Balaban J connectivity index is 1.43. The van der Waals surface area contributed by atoms with E-state index in [2.05, 4.69) is 49.5 Å². The van der Waals surface area contributed by atoms with Gasteiger partial charge in [0, 0.05) is 44.5 Å². The van der Waals surface area contributed by atoms with Crippen molar-refractivity contribution in [3.63, 3.8) is 0 Å². The number of amides is 1. The molecule has 0 spiro atoms. The van der Waals surface area contributed by atoms with Gasteiger partial charge in [-0.15, -0.1) is 0 Å². The number of piperidine rings is 1. The molecule has 1 aromatic carbocycles. The van der Waals surface area contributed by atoms with E-state index < -0.39 is 0 Å². The van der Waals surface area contributed by atoms with E-state index in [0.717, 1.165) is 55.6 Å². The van der Waals surface area contributed by atoms with Crippen molar-refractivity contribution in [2.45, 2.75) is 32.7 Å². The van der Waals surface area contributed by atoms with Crippen LogP contribution in [0.5, 0.6) is 0 Å². The maximum Gasteiger partial charge on any atom is 0.223 e. The highest BCUT2D eigenvalue weighted by Crippen LogP contribution is 2.28. The molecule has 0 atom stereocenters. The number of nitrogens with zero attached hydrogens (tertiary/aromatic N) is 4. The van der Waals surface area contributed by atoms with E-state index in [1.165, 1.54) is 5.56 Å². The lowest BCUT2D eigenvalue weighted by atomic mass is 9.95. The van der Waals surface area contributed by atoms with E-state index in [-0.39, 0.29) is 11.8 Å². The maximum atomic E-state index is 12.2. The van der Waals surface area contributed by atoms with Crippen molar-refractivity contribution in [1.29, 1.82) is 0 Å². The van der Waals surface area contributed by atoms with Crippen molar-refractivity contribution >= 4 is 28.6 Å². The molecule has 0 aliphatic carbocycles. The molecule has 7 nitrogen and oxygen atoms in total. The fourth-order valence-electron chi connectivity index (χ4n) is 3.80. The number of nitrogens with one attached hydrogen (secondary N) is 2. The lowest BCUT2D eigenvalue weighted by Gasteiger charge is -2.32. The molecule has 1 aliphatic rings. The molecule has 0 bridgehead atoms. The molecule has 156 valence electrons. The minimum absolute atomic E-state index is 0.0906. The second-order valence-corrected chi connectivity index (χ2v) is 7.65. The van der Waals surface area contributed by atoms with Gasteiger partial charge in [-0.3, -0.25) is 4.79 Å². The summed E-state index contributed by atoms with van der Waals surface area (Å²) >= 11 is 0. The van der Waals surface area contributed by atoms with Crippen LogP contribution >= 0.6 is 0 Å². The first-order valence-corrected chi connectivity index (χ1v) is 10.7. The standard InChI is InChI=1S/C23H28N6O/c1-2-11-25-22(30)18-9-13-29(14-10-18)21-19-16-27-23(28-20(19)8-12-24-21)26-15-17-6-4-3-5-7-17/h3-8,12,16,18H,2,9-11,13-15H2,1H3,(H,25,30)(H,26,27,28). The van der Waals surface area contributed by atoms with Crippen LogP contribution < -0.4 is 15.5 Å². The summed E-state index contributed by atoms with van der Waals surface area (Å²) in [4.78, 5) is 28.3. The Morgan fingerprint density at radius 3 is 2.70 bits per heavy atom. The predicted octanol–water partition coefficient (Wildman–Crippen LogP) is 3.38. The molecule has 1 saturated heterocycles. The fraction of sp³-hybridized carbons (Fsp3) is 0.391. The van der Waals surface area contributed by atoms with Crippen LogP contribution in [0.25, 0.3) is 10.9 Å². The van der Waals surface area contributed by atoms with Gasteiger partial charge in [-0.2, -0.15) is 0 Å². The zero-order chi connectivity index (χ0) is 20.8. The third kappa shape index (κ3) is 4.67. The number of carbonyl (C=O) groups is 1. The molecule has 2 N–H and O–H groups in total. The molecule has 30 heavy (non-hydrogen) atoms. The summed E-state index contributed by atoms with van der Waals surface area (Å²) in [6.45, 7) is 5.12. The number of hydrogen-bond acceptors (Lipinski definition) is 6. The van der Waals surface area contributed by atoms with Gasteiger partial charge in [0.2, 0.25) is 11.9 Å². The van der Waals surface area contributed by atoms with Gasteiger partial charge in [0.05, 0.1) is 10.9 Å². The van der Waals surface area contributed by atoms with Gasteiger partial charge in [-0.25, -0.2) is 15.0 Å². The zero-order valence-electron chi connectivity index (χ0n) is 17.3. The number of fused-ring (bicyclic) bond motifs is 1. The van der Waals surface area contributed by atoms with Gasteiger partial charge in [-0.05, 0) is 30.9 Å². The zero-order valence-corrected chi connectivity index (χ0v) is 17.3. The summed E-state index contributed by atoms with van der Waals surface area (Å²) in [5, 5.41) is 7.24. The van der Waals surface area contributed by atoms with Crippen molar-refractivity contribution in [3.8, 4) is 0 Å². The molecule has 1 fully saturated rings. The number of pyridine rings is 1. The lowest BCUT2D eigenvalue weighted by molar-refractivity contribution is -0.125. The third-order valence-electron chi connectivity index (χ3n) is 5.50. The third-order valence-corrected chi connectivity index (χ3v) is 5.50. The Morgan fingerprint density at radius 1 is 1.13 bits per heavy atom. The van der Waals surface area contributed by atoms with Crippen molar-refractivity contribution in [2.75, 3.05) is 29.9 Å². The molecule has 4 rings (SSSR count). The lowest BCUT2D eigenvalue weighted by Crippen LogP contribution is -2.41. The molecule has 0 saturated carbocycles. The van der Waals surface area contributed by atoms with Crippen LogP contribution in [-0.4, -0.2) is 40.5 Å². The Kier molecular flexibility index (Phi) is 6.37. The normalized spacial score (nSPS) is 14.6. The number of aromatic nitrogens is 3. The van der Waals surface area contributed by atoms with Gasteiger partial charge in [0.25, 0.3) is 0 Å². The highest BCUT2D eigenvalue weighted by Gasteiger charge is 2.26. The number of rotatable bonds is 7. The molecule has 1 amide bonds. The topological polar surface area (TPSA) is 83.0 Å². The summed E-state index contributed by atoms with van der Waals surface area (Å²) in [7, 11) is 0. The minimum Gasteiger partial charge on any atom is -0.356 e. The maximum absolute atomic E-state index is 12.2. The van der Waals surface area contributed by atoms with Gasteiger partial charge in [0.15, 0.2) is 0 Å². The average Bonchev–Trinajstić information content (AvgIpc) is 2.81. The van der Waals surface area contributed by atoms with Gasteiger partial charge in [0.1, 0.15) is 5.82 Å². The Labute approximate surface area is 176 Å². The summed E-state index contributed by atoms with van der Waals surface area (Å²) in [6, 6.07) is 12.1. The van der Waals surface area contributed by atoms with Crippen molar-refractivity contribution < 1.29 is 4.79 Å². The van der Waals surface area contributed by atoms with Crippen LogP contribution in [0.3, 0.4) is 0 Å². The Morgan fingerprint density at radius 2 is 1.93 bits per heavy atom. The van der Waals surface area contributed by atoms with E-state index >= 15 is 0 Å². The first-order chi connectivity index (χ1) is 14.7. The van der Waals surface area contributed by atoms with Gasteiger partial charge < -0.3 is 15.5 Å². The predicted molar refractivity (Wildman–Crippen MR) is 119 cm³/mol. The monoisotopic (exact) mass is 404 g/mol. The van der Waals surface area contributed by atoms with Crippen molar-refractivity contribution in [3.05, 3.63) is 54.4 Å². The number of anilines is 2. The number of benzene rings is 1. The highest BCUT2D eigenvalue weighted by atomic mass is 16.1. The second-order valence-electron chi connectivity index (χ2n) is 7.65. The first-order valence-electron chi connectivity index (χ1n) is 10.7. The molecular formula is C23H28N6O. The highest BCUT2D eigenvalue weighted by molar-refractivity contribution is 5.89. The molecule has 0 unspecified atom stereocenters. The summed E-state index contributed by atoms with van der Waals surface area (Å²) < 4.78 is 0. The van der Waals surface area contributed by atoms with Gasteiger partial charge >= 0.3 is 0 Å². The number of hydrogen-bond donors (Lipinski definition) is 2. The largest absolute Gasteiger partial charge is 0.356 e. The quantitative estimate of drug-likeness (QED) is 0.628. The van der Waals surface area contributed by atoms with Crippen molar-refractivity contribution in [2.24, 2.45) is 5.92 Å². The van der Waals surface area contributed by atoms with Crippen LogP contribution in [0, 0.1) is 5.92 Å². The fourth-order valence-corrected chi connectivity index (χ4v) is 3.80. The van der Waals surface area contributed by atoms with E-state index in [0.29, 0.717) is 12.5 Å². The molecule has 3 heterocycles. The smallest absolute Gasteiger partial charge is 0.223 e. The van der Waals surface area contributed by atoms with Crippen LogP contribution in [-0.2, 0) is 11.3 Å². The Bertz CT molecular complexity index is 985. The van der Waals surface area contributed by atoms with Crippen LogP contribution in [0.15, 0.2) is 48.8 Å². The van der Waals surface area contributed by atoms with E-state index in [4.69, 9.17) is 0 Å². The molecule has 7 heteroatoms. The van der Waals surface area contributed by atoms with Crippen molar-refractivity contribution in [1.82, 2.24) is 20.3 Å². The van der Waals surface area contributed by atoms with E-state index in [1.54, 1.807) is 6.20 Å². The van der Waals surface area contributed by atoms with Crippen LogP contribution in [0.4, 0.5) is 11.8 Å². The average molecular weight is 405 g/mol. The van der Waals surface area contributed by atoms with Crippen LogP contribution in [0.2, 0.25) is 0 Å². The van der Waals surface area contributed by atoms with Gasteiger partial charge in [-0.1, -0.05) is 37.3 Å². The van der Waals surface area contributed by atoms with E-state index in [1.807, 2.05) is 30.5 Å². The molecule has 2 aromatic heterocycles. The second kappa shape index (κ2) is 9.52. The van der Waals surface area contributed by atoms with Crippen LogP contribution in [0.1, 0.15) is 31.7 Å². The summed E-state index contributed by atoms with van der Waals surface area (Å²) in [6.07, 6.45) is 6.28. The Hall–Kier alpha value is -3.22. The number of carbonyl (C=O) groups excluding carboxylic acids is 1. The first kappa shape index (κ1) is 20.1. The molecule has 3 aromatic rings. The molecule has 1 aliphatic heterocycles. The molecule has 0 radical (unpaired) electrons.